The predicted octanol–water partition coefficient (Wildman–Crippen LogP) is 0.363. The van der Waals surface area contributed by atoms with Crippen LogP contribution >= 0.6 is 0 Å². The number of nitrogens with one attached hydrogen (secondary N) is 1. The molecule has 0 amide bonds. The van der Waals surface area contributed by atoms with E-state index in [0.29, 0.717) is 0 Å². The summed E-state index contributed by atoms with van der Waals surface area (Å²) < 4.78 is 0. The Bertz CT molecular complexity index is 343. The van der Waals surface area contributed by atoms with Crippen LogP contribution in [0.4, 0.5) is 0 Å². The highest BCUT2D eigenvalue weighted by Gasteiger charge is 2.12. The molecule has 12 heavy (non-hydrogen) atoms. The smallest absolute Gasteiger partial charge is 0.248 e. The highest BCUT2D eigenvalue weighted by Crippen LogP contribution is 2.12. The van der Waals surface area contributed by atoms with Crippen LogP contribution in [-0.2, 0) is 13.0 Å². The van der Waals surface area contributed by atoms with E-state index in [-0.39, 0.29) is 5.56 Å². The van der Waals surface area contributed by atoms with Crippen molar-refractivity contribution in [1.82, 2.24) is 9.88 Å². The van der Waals surface area contributed by atoms with Gasteiger partial charge in [0.15, 0.2) is 0 Å². The fourth-order valence-electron chi connectivity index (χ4n) is 1.58. The molecule has 0 radical (unpaired) electrons. The minimum Gasteiger partial charge on any atom is -0.325 e. The summed E-state index contributed by atoms with van der Waals surface area (Å²) in [5.74, 6) is 0. The second kappa shape index (κ2) is 2.75. The number of aromatic amines is 1. The topological polar surface area (TPSA) is 36.1 Å². The minimum atomic E-state index is 0.00375. The maximum atomic E-state index is 11.0. The van der Waals surface area contributed by atoms with E-state index in [0.717, 1.165) is 25.2 Å². The van der Waals surface area contributed by atoms with Crippen molar-refractivity contribution in [3.05, 3.63) is 33.7 Å². The summed E-state index contributed by atoms with van der Waals surface area (Å²) in [5.41, 5.74) is 2.37. The molecular weight excluding hydrogens is 152 g/mol. The predicted molar refractivity (Wildman–Crippen MR) is 47.1 cm³/mol. The number of hydrogen-bond acceptors (Lipinski definition) is 2. The Hall–Kier alpha value is -1.09. The van der Waals surface area contributed by atoms with Gasteiger partial charge >= 0.3 is 0 Å². The summed E-state index contributed by atoms with van der Waals surface area (Å²) in [6.07, 6.45) is 1.04. The molecule has 0 unspecified atom stereocenters. The maximum Gasteiger partial charge on any atom is 0.248 e. The maximum absolute atomic E-state index is 11.0. The zero-order chi connectivity index (χ0) is 8.55. The largest absolute Gasteiger partial charge is 0.325 e. The molecule has 1 N–H and O–H groups in total. The summed E-state index contributed by atoms with van der Waals surface area (Å²) in [7, 11) is 2.06. The summed E-state index contributed by atoms with van der Waals surface area (Å²) in [6, 6.07) is 3.53. The summed E-state index contributed by atoms with van der Waals surface area (Å²) in [6.45, 7) is 1.95. The average molecular weight is 164 g/mol. The van der Waals surface area contributed by atoms with Crippen molar-refractivity contribution in [2.24, 2.45) is 0 Å². The van der Waals surface area contributed by atoms with E-state index in [1.807, 2.05) is 6.07 Å². The lowest BCUT2D eigenvalue weighted by Gasteiger charge is -2.23. The molecule has 0 saturated heterocycles. The van der Waals surface area contributed by atoms with Gasteiger partial charge in [0.1, 0.15) is 0 Å². The summed E-state index contributed by atoms with van der Waals surface area (Å²) >= 11 is 0. The van der Waals surface area contributed by atoms with Gasteiger partial charge in [0.2, 0.25) is 5.56 Å². The number of hydrogen-bond donors (Lipinski definition) is 1. The number of rotatable bonds is 0. The molecule has 0 atom stereocenters. The number of H-pyrrole nitrogens is 1. The van der Waals surface area contributed by atoms with Gasteiger partial charge in [0, 0.05) is 24.8 Å². The average Bonchev–Trinajstić information content (AvgIpc) is 2.03. The normalized spacial score (nSPS) is 17.4. The Labute approximate surface area is 71.0 Å². The van der Waals surface area contributed by atoms with E-state index in [1.54, 1.807) is 6.07 Å². The third-order valence-electron chi connectivity index (χ3n) is 2.29. The van der Waals surface area contributed by atoms with Crippen LogP contribution in [0, 0.1) is 0 Å². The van der Waals surface area contributed by atoms with Crippen LogP contribution < -0.4 is 5.56 Å². The van der Waals surface area contributed by atoms with E-state index < -0.39 is 0 Å². The Kier molecular flexibility index (Phi) is 1.73. The minimum absolute atomic E-state index is 0.00375. The van der Waals surface area contributed by atoms with E-state index in [2.05, 4.69) is 16.9 Å². The van der Waals surface area contributed by atoms with Crippen molar-refractivity contribution in [2.45, 2.75) is 13.0 Å². The van der Waals surface area contributed by atoms with Crippen molar-refractivity contribution in [3.8, 4) is 0 Å². The van der Waals surface area contributed by atoms with E-state index in [4.69, 9.17) is 0 Å². The van der Waals surface area contributed by atoms with Crippen molar-refractivity contribution in [3.63, 3.8) is 0 Å². The number of pyridine rings is 1. The molecule has 2 rings (SSSR count). The van der Waals surface area contributed by atoms with Crippen LogP contribution in [0.15, 0.2) is 16.9 Å². The van der Waals surface area contributed by atoms with Gasteiger partial charge < -0.3 is 9.88 Å². The van der Waals surface area contributed by atoms with Crippen molar-refractivity contribution in [1.29, 1.82) is 0 Å². The van der Waals surface area contributed by atoms with Gasteiger partial charge in [-0.05, 0) is 19.0 Å². The van der Waals surface area contributed by atoms with E-state index in [9.17, 15) is 4.79 Å². The second-order valence-electron chi connectivity index (χ2n) is 3.31. The van der Waals surface area contributed by atoms with Crippen LogP contribution in [0.3, 0.4) is 0 Å². The van der Waals surface area contributed by atoms with Crippen molar-refractivity contribution >= 4 is 0 Å². The molecule has 1 aliphatic heterocycles. The Morgan fingerprint density at radius 2 is 2.33 bits per heavy atom. The fraction of sp³-hybridized carbons (Fsp3) is 0.444. The fourth-order valence-corrected chi connectivity index (χ4v) is 1.58. The number of aromatic nitrogens is 1. The molecule has 0 bridgehead atoms. The van der Waals surface area contributed by atoms with Gasteiger partial charge in [-0.1, -0.05) is 6.07 Å². The van der Waals surface area contributed by atoms with Gasteiger partial charge in [0.25, 0.3) is 0 Å². The van der Waals surface area contributed by atoms with E-state index in [1.165, 1.54) is 5.56 Å². The molecule has 2 heterocycles. The van der Waals surface area contributed by atoms with Gasteiger partial charge in [-0.2, -0.15) is 0 Å². The molecule has 1 aliphatic rings. The van der Waals surface area contributed by atoms with Crippen LogP contribution in [-0.4, -0.2) is 23.5 Å². The zero-order valence-electron chi connectivity index (χ0n) is 7.13. The standard InChI is InChI=1S/C9H12N2O/c1-11-5-4-7-2-3-9(12)10-8(7)6-11/h2-3H,4-6H2,1H3,(H,10,12). The first-order valence-electron chi connectivity index (χ1n) is 4.15. The van der Waals surface area contributed by atoms with Crippen LogP contribution in [0.1, 0.15) is 11.3 Å². The molecule has 0 spiro atoms. The van der Waals surface area contributed by atoms with Crippen LogP contribution in [0.5, 0.6) is 0 Å². The lowest BCUT2D eigenvalue weighted by molar-refractivity contribution is 0.307. The van der Waals surface area contributed by atoms with Gasteiger partial charge in [-0.3, -0.25) is 4.79 Å². The summed E-state index contributed by atoms with van der Waals surface area (Å²) in [4.78, 5) is 16.0. The Balaban J connectivity index is 2.44. The van der Waals surface area contributed by atoms with Crippen molar-refractivity contribution < 1.29 is 0 Å². The number of nitrogens with zero attached hydrogens (tertiary/aromatic N) is 1. The molecule has 3 heteroatoms. The first kappa shape index (κ1) is 7.55. The molecule has 1 aromatic heterocycles. The van der Waals surface area contributed by atoms with Crippen molar-refractivity contribution in [2.75, 3.05) is 13.6 Å². The highest BCUT2D eigenvalue weighted by molar-refractivity contribution is 5.22. The molecule has 1 aromatic rings. The van der Waals surface area contributed by atoms with Crippen LogP contribution in [0.25, 0.3) is 0 Å². The molecule has 3 nitrogen and oxygen atoms in total. The number of likely N-dealkylation sites (N-methyl/N-ethyl adjacent to an activating group) is 1. The van der Waals surface area contributed by atoms with Gasteiger partial charge in [0.05, 0.1) is 0 Å². The molecule has 0 saturated carbocycles. The van der Waals surface area contributed by atoms with Crippen LogP contribution in [0.2, 0.25) is 0 Å². The first-order valence-corrected chi connectivity index (χ1v) is 4.15. The third kappa shape index (κ3) is 1.28. The molecule has 0 fully saturated rings. The molecule has 0 aromatic carbocycles. The zero-order valence-corrected chi connectivity index (χ0v) is 7.13. The highest BCUT2D eigenvalue weighted by atomic mass is 16.1. The first-order chi connectivity index (χ1) is 5.75. The molecule has 64 valence electrons. The van der Waals surface area contributed by atoms with Gasteiger partial charge in [-0.25, -0.2) is 0 Å². The van der Waals surface area contributed by atoms with E-state index >= 15 is 0 Å². The summed E-state index contributed by atoms with van der Waals surface area (Å²) in [5, 5.41) is 0. The molecular formula is C9H12N2O. The van der Waals surface area contributed by atoms with Gasteiger partial charge in [-0.15, -0.1) is 0 Å². The second-order valence-corrected chi connectivity index (χ2v) is 3.31. The SMILES string of the molecule is CN1CCc2ccc(=O)[nH]c2C1. The molecule has 0 aliphatic carbocycles. The third-order valence-corrected chi connectivity index (χ3v) is 2.29. The Morgan fingerprint density at radius 1 is 1.50 bits per heavy atom. The Morgan fingerprint density at radius 3 is 3.17 bits per heavy atom. The monoisotopic (exact) mass is 164 g/mol. The lowest BCUT2D eigenvalue weighted by atomic mass is 10.1. The quantitative estimate of drug-likeness (QED) is 0.601. The number of fused-ring (bicyclic) bond motifs is 1. The lowest BCUT2D eigenvalue weighted by Crippen LogP contribution is -2.29.